The fraction of sp³-hybridized carbons (Fsp3) is 0.300. The number of anilines is 2. The highest BCUT2D eigenvalue weighted by atomic mass is 19.1. The summed E-state index contributed by atoms with van der Waals surface area (Å²) in [4.78, 5) is 26.3. The molecule has 2 aromatic rings. The minimum absolute atomic E-state index is 0.0198. The molecule has 0 spiro atoms. The van der Waals surface area contributed by atoms with Crippen LogP contribution in [0.2, 0.25) is 0 Å². The maximum Gasteiger partial charge on any atom is 0.254 e. The summed E-state index contributed by atoms with van der Waals surface area (Å²) in [6.45, 7) is 2.78. The summed E-state index contributed by atoms with van der Waals surface area (Å²) in [5.74, 6) is -2.67. The quantitative estimate of drug-likeness (QED) is 0.797. The molecule has 3 rings (SSSR count). The monoisotopic (exact) mass is 389 g/mol. The minimum Gasteiger partial charge on any atom is -0.378 e. The minimum atomic E-state index is -0.943. The number of para-hydroxylation sites is 2. The van der Waals surface area contributed by atoms with Crippen molar-refractivity contribution in [2.45, 2.75) is 6.42 Å². The van der Waals surface area contributed by atoms with Crippen LogP contribution >= 0.6 is 0 Å². The number of benzene rings is 2. The van der Waals surface area contributed by atoms with Crippen molar-refractivity contribution in [1.29, 1.82) is 0 Å². The Morgan fingerprint density at radius 1 is 1.07 bits per heavy atom. The van der Waals surface area contributed by atoms with Crippen LogP contribution in [0.4, 0.5) is 20.2 Å². The molecule has 1 aliphatic heterocycles. The summed E-state index contributed by atoms with van der Waals surface area (Å²) in [5.41, 5.74) is 1.33. The SMILES string of the molecule is O=C(CCNC(=O)c1ccc(F)cc1F)Nc1ccccc1N1CCOCC1. The molecule has 1 saturated heterocycles. The molecule has 0 aliphatic carbocycles. The molecule has 0 saturated carbocycles. The number of ether oxygens (including phenoxy) is 1. The fourth-order valence-electron chi connectivity index (χ4n) is 2.93. The Morgan fingerprint density at radius 2 is 1.82 bits per heavy atom. The van der Waals surface area contributed by atoms with Crippen LogP contribution < -0.4 is 15.5 Å². The third kappa shape index (κ3) is 5.04. The number of carbonyl (C=O) groups excluding carboxylic acids is 2. The Labute approximate surface area is 161 Å². The van der Waals surface area contributed by atoms with Gasteiger partial charge in [0.05, 0.1) is 30.2 Å². The maximum atomic E-state index is 13.6. The molecular weight excluding hydrogens is 368 g/mol. The van der Waals surface area contributed by atoms with Crippen molar-refractivity contribution >= 4 is 23.2 Å². The molecule has 6 nitrogen and oxygen atoms in total. The molecule has 0 radical (unpaired) electrons. The highest BCUT2D eigenvalue weighted by Gasteiger charge is 2.16. The van der Waals surface area contributed by atoms with Crippen LogP contribution in [-0.4, -0.2) is 44.7 Å². The fourth-order valence-corrected chi connectivity index (χ4v) is 2.93. The second-order valence-electron chi connectivity index (χ2n) is 6.29. The molecule has 1 aliphatic rings. The van der Waals surface area contributed by atoms with Gasteiger partial charge in [-0.2, -0.15) is 0 Å². The lowest BCUT2D eigenvalue weighted by molar-refractivity contribution is -0.116. The van der Waals surface area contributed by atoms with E-state index in [1.807, 2.05) is 24.3 Å². The van der Waals surface area contributed by atoms with Gasteiger partial charge in [-0.25, -0.2) is 8.78 Å². The largest absolute Gasteiger partial charge is 0.378 e. The lowest BCUT2D eigenvalue weighted by Crippen LogP contribution is -2.36. The average Bonchev–Trinajstić information content (AvgIpc) is 2.69. The van der Waals surface area contributed by atoms with Crippen LogP contribution in [0.3, 0.4) is 0 Å². The Bertz CT molecular complexity index is 854. The van der Waals surface area contributed by atoms with Crippen molar-refractivity contribution in [2.75, 3.05) is 43.1 Å². The van der Waals surface area contributed by atoms with Crippen molar-refractivity contribution < 1.29 is 23.1 Å². The van der Waals surface area contributed by atoms with Crippen LogP contribution in [0.1, 0.15) is 16.8 Å². The maximum absolute atomic E-state index is 13.6. The van der Waals surface area contributed by atoms with Gasteiger partial charge in [-0.05, 0) is 24.3 Å². The molecule has 0 bridgehead atoms. The molecule has 8 heteroatoms. The third-order valence-electron chi connectivity index (χ3n) is 4.34. The van der Waals surface area contributed by atoms with E-state index >= 15 is 0 Å². The molecule has 0 unspecified atom stereocenters. The Hall–Kier alpha value is -3.00. The van der Waals surface area contributed by atoms with Gasteiger partial charge in [0, 0.05) is 32.1 Å². The summed E-state index contributed by atoms with van der Waals surface area (Å²) in [6, 6.07) is 10.2. The number of hydrogen-bond acceptors (Lipinski definition) is 4. The van der Waals surface area contributed by atoms with Gasteiger partial charge < -0.3 is 20.3 Å². The second kappa shape index (κ2) is 9.27. The van der Waals surface area contributed by atoms with Crippen molar-refractivity contribution in [1.82, 2.24) is 5.32 Å². The third-order valence-corrected chi connectivity index (χ3v) is 4.34. The summed E-state index contributed by atoms with van der Waals surface area (Å²) in [7, 11) is 0. The number of nitrogens with zero attached hydrogens (tertiary/aromatic N) is 1. The van der Waals surface area contributed by atoms with Crippen LogP contribution in [-0.2, 0) is 9.53 Å². The van der Waals surface area contributed by atoms with Gasteiger partial charge in [0.25, 0.3) is 5.91 Å². The van der Waals surface area contributed by atoms with Crippen molar-refractivity contribution in [3.63, 3.8) is 0 Å². The van der Waals surface area contributed by atoms with Gasteiger partial charge >= 0.3 is 0 Å². The normalized spacial score (nSPS) is 13.9. The zero-order valence-corrected chi connectivity index (χ0v) is 15.2. The van der Waals surface area contributed by atoms with Gasteiger partial charge in [0.2, 0.25) is 5.91 Å². The molecule has 28 heavy (non-hydrogen) atoms. The van der Waals surface area contributed by atoms with E-state index in [1.54, 1.807) is 0 Å². The molecule has 1 fully saturated rings. The summed E-state index contributed by atoms with van der Waals surface area (Å²) in [6.07, 6.45) is 0.0198. The molecule has 0 aromatic heterocycles. The Morgan fingerprint density at radius 3 is 2.57 bits per heavy atom. The van der Waals surface area contributed by atoms with E-state index < -0.39 is 17.5 Å². The average molecular weight is 389 g/mol. The zero-order chi connectivity index (χ0) is 19.9. The number of carbonyl (C=O) groups is 2. The number of hydrogen-bond donors (Lipinski definition) is 2. The van der Waals surface area contributed by atoms with Gasteiger partial charge in [-0.3, -0.25) is 9.59 Å². The number of amides is 2. The number of halogens is 2. The summed E-state index contributed by atoms with van der Waals surface area (Å²) >= 11 is 0. The van der Waals surface area contributed by atoms with E-state index in [2.05, 4.69) is 15.5 Å². The van der Waals surface area contributed by atoms with Crippen molar-refractivity contribution in [3.05, 3.63) is 59.7 Å². The molecule has 2 N–H and O–H groups in total. The van der Waals surface area contributed by atoms with E-state index in [4.69, 9.17) is 4.74 Å². The Balaban J connectivity index is 1.53. The van der Waals surface area contributed by atoms with Crippen molar-refractivity contribution in [3.8, 4) is 0 Å². The van der Waals surface area contributed by atoms with Gasteiger partial charge in [0.1, 0.15) is 11.6 Å². The molecule has 1 heterocycles. The lowest BCUT2D eigenvalue weighted by Gasteiger charge is -2.30. The first kappa shape index (κ1) is 19.8. The molecular formula is C20H21F2N3O3. The molecule has 148 valence electrons. The van der Waals surface area contributed by atoms with Crippen molar-refractivity contribution in [2.24, 2.45) is 0 Å². The van der Waals surface area contributed by atoms with Gasteiger partial charge in [-0.1, -0.05) is 12.1 Å². The number of rotatable bonds is 6. The zero-order valence-electron chi connectivity index (χ0n) is 15.2. The first-order valence-electron chi connectivity index (χ1n) is 8.99. The lowest BCUT2D eigenvalue weighted by atomic mass is 10.2. The highest BCUT2D eigenvalue weighted by molar-refractivity contribution is 5.96. The van der Waals surface area contributed by atoms with E-state index in [0.29, 0.717) is 25.0 Å². The van der Waals surface area contributed by atoms with E-state index in [1.165, 1.54) is 0 Å². The summed E-state index contributed by atoms with van der Waals surface area (Å²) < 4.78 is 31.9. The predicted molar refractivity (Wildman–Crippen MR) is 101 cm³/mol. The van der Waals surface area contributed by atoms with Gasteiger partial charge in [-0.15, -0.1) is 0 Å². The predicted octanol–water partition coefficient (Wildman–Crippen LogP) is 2.56. The van der Waals surface area contributed by atoms with E-state index in [0.717, 1.165) is 30.9 Å². The smallest absolute Gasteiger partial charge is 0.254 e. The number of nitrogens with one attached hydrogen (secondary N) is 2. The summed E-state index contributed by atoms with van der Waals surface area (Å²) in [5, 5.41) is 5.31. The Kier molecular flexibility index (Phi) is 6.54. The first-order chi connectivity index (χ1) is 13.5. The molecule has 2 aromatic carbocycles. The second-order valence-corrected chi connectivity index (χ2v) is 6.29. The standard InChI is InChI=1S/C20H21F2N3O3/c21-14-5-6-15(16(22)13-14)20(27)23-8-7-19(26)24-17-3-1-2-4-18(17)25-9-11-28-12-10-25/h1-6,13H,7-12H2,(H,23,27)(H,24,26). The first-order valence-corrected chi connectivity index (χ1v) is 8.99. The van der Waals surface area contributed by atoms with Crippen LogP contribution in [0.25, 0.3) is 0 Å². The molecule has 0 atom stereocenters. The van der Waals surface area contributed by atoms with E-state index in [-0.39, 0.29) is 24.4 Å². The van der Waals surface area contributed by atoms with Crippen LogP contribution in [0.5, 0.6) is 0 Å². The topological polar surface area (TPSA) is 70.7 Å². The van der Waals surface area contributed by atoms with Gasteiger partial charge in [0.15, 0.2) is 0 Å². The molecule has 2 amide bonds. The highest BCUT2D eigenvalue weighted by Crippen LogP contribution is 2.26. The van der Waals surface area contributed by atoms with Crippen LogP contribution in [0, 0.1) is 11.6 Å². The van der Waals surface area contributed by atoms with Crippen LogP contribution in [0.15, 0.2) is 42.5 Å². The number of morpholine rings is 1. The van der Waals surface area contributed by atoms with E-state index in [9.17, 15) is 18.4 Å².